The van der Waals surface area contributed by atoms with E-state index >= 15 is 0 Å². The summed E-state index contributed by atoms with van der Waals surface area (Å²) in [5.74, 6) is -0.682. The maximum absolute atomic E-state index is 11.5. The minimum atomic E-state index is -0.369. The number of carbonyl (C=O) groups is 2. The van der Waals surface area contributed by atoms with Crippen molar-refractivity contribution < 1.29 is 9.59 Å². The number of rotatable bonds is 4. The number of benzene rings is 1. The first kappa shape index (κ1) is 14.2. The Bertz CT molecular complexity index is 440. The molecule has 2 amide bonds. The fourth-order valence-corrected chi connectivity index (χ4v) is 2.04. The molecule has 1 aromatic carbocycles. The molecule has 0 heterocycles. The van der Waals surface area contributed by atoms with E-state index in [1.807, 2.05) is 0 Å². The lowest BCUT2D eigenvalue weighted by atomic mass is 10.3. The molecule has 5 nitrogen and oxygen atoms in total. The molecular formula is C10H11ClIN3O2. The highest BCUT2D eigenvalue weighted by Gasteiger charge is 2.07. The van der Waals surface area contributed by atoms with Crippen molar-refractivity contribution in [1.29, 1.82) is 0 Å². The van der Waals surface area contributed by atoms with Crippen molar-refractivity contribution in [3.8, 4) is 0 Å². The van der Waals surface area contributed by atoms with Gasteiger partial charge in [0, 0.05) is 8.59 Å². The van der Waals surface area contributed by atoms with E-state index in [1.165, 1.54) is 0 Å². The molecule has 0 aliphatic rings. The molecule has 0 aliphatic carbocycles. The molecule has 0 atom stereocenters. The molecule has 0 unspecified atom stereocenters. The van der Waals surface area contributed by atoms with Gasteiger partial charge in [-0.15, -0.1) is 0 Å². The van der Waals surface area contributed by atoms with Crippen LogP contribution in [0.3, 0.4) is 0 Å². The highest BCUT2D eigenvalue weighted by molar-refractivity contribution is 14.1. The summed E-state index contributed by atoms with van der Waals surface area (Å²) in [6.45, 7) is -0.236. The van der Waals surface area contributed by atoms with Crippen LogP contribution in [0.5, 0.6) is 0 Å². The van der Waals surface area contributed by atoms with Crippen LogP contribution in [0, 0.1) is 3.57 Å². The number of nitrogens with one attached hydrogen (secondary N) is 2. The molecule has 0 fully saturated rings. The Balaban J connectivity index is 2.53. The Morgan fingerprint density at radius 3 is 2.65 bits per heavy atom. The quantitative estimate of drug-likeness (QED) is 0.693. The van der Waals surface area contributed by atoms with Crippen LogP contribution in [-0.4, -0.2) is 24.9 Å². The van der Waals surface area contributed by atoms with Crippen LogP contribution < -0.4 is 16.4 Å². The van der Waals surface area contributed by atoms with Crippen molar-refractivity contribution in [2.75, 3.05) is 18.4 Å². The number of nitrogens with two attached hydrogens (primary N) is 1. The second-order valence-corrected chi connectivity index (χ2v) is 4.75. The number of hydrogen-bond donors (Lipinski definition) is 3. The van der Waals surface area contributed by atoms with Crippen molar-refractivity contribution in [3.05, 3.63) is 26.8 Å². The summed E-state index contributed by atoms with van der Waals surface area (Å²) in [4.78, 5) is 22.3. The van der Waals surface area contributed by atoms with Gasteiger partial charge in [0.05, 0.1) is 18.8 Å². The van der Waals surface area contributed by atoms with E-state index in [4.69, 9.17) is 17.3 Å². The van der Waals surface area contributed by atoms with Gasteiger partial charge in [0.15, 0.2) is 0 Å². The molecular weight excluding hydrogens is 356 g/mol. The SMILES string of the molecule is NCC(=O)NCC(=O)Nc1ccc(Cl)cc1I. The van der Waals surface area contributed by atoms with Gasteiger partial charge in [0.25, 0.3) is 0 Å². The number of amides is 2. The fraction of sp³-hybridized carbons (Fsp3) is 0.200. The molecule has 0 saturated heterocycles. The number of hydrogen-bond acceptors (Lipinski definition) is 3. The minimum Gasteiger partial charge on any atom is -0.346 e. The third-order valence-electron chi connectivity index (χ3n) is 1.84. The molecule has 0 spiro atoms. The van der Waals surface area contributed by atoms with Crippen LogP contribution in [-0.2, 0) is 9.59 Å². The Kier molecular flexibility index (Phi) is 5.66. The van der Waals surface area contributed by atoms with Gasteiger partial charge in [-0.05, 0) is 40.8 Å². The third kappa shape index (κ3) is 4.88. The molecule has 17 heavy (non-hydrogen) atoms. The molecule has 92 valence electrons. The maximum Gasteiger partial charge on any atom is 0.243 e. The highest BCUT2D eigenvalue weighted by Crippen LogP contribution is 2.21. The van der Waals surface area contributed by atoms with Gasteiger partial charge in [0.2, 0.25) is 11.8 Å². The van der Waals surface area contributed by atoms with Crippen molar-refractivity contribution in [2.24, 2.45) is 5.73 Å². The molecule has 4 N–H and O–H groups in total. The van der Waals surface area contributed by atoms with E-state index in [9.17, 15) is 9.59 Å². The van der Waals surface area contributed by atoms with E-state index < -0.39 is 0 Å². The Labute approximate surface area is 117 Å². The molecule has 0 aromatic heterocycles. The zero-order chi connectivity index (χ0) is 12.8. The summed E-state index contributed by atoms with van der Waals surface area (Å²) in [6, 6.07) is 5.11. The fourth-order valence-electron chi connectivity index (χ4n) is 1.04. The lowest BCUT2D eigenvalue weighted by molar-refractivity contribution is -0.123. The average molecular weight is 368 g/mol. The van der Waals surface area contributed by atoms with Gasteiger partial charge in [0.1, 0.15) is 0 Å². The van der Waals surface area contributed by atoms with Crippen molar-refractivity contribution in [3.63, 3.8) is 0 Å². The lowest BCUT2D eigenvalue weighted by Gasteiger charge is -2.08. The van der Waals surface area contributed by atoms with E-state index in [2.05, 4.69) is 33.2 Å². The molecule has 7 heteroatoms. The van der Waals surface area contributed by atoms with Crippen LogP contribution in [0.15, 0.2) is 18.2 Å². The Morgan fingerprint density at radius 2 is 2.06 bits per heavy atom. The topological polar surface area (TPSA) is 84.2 Å². The highest BCUT2D eigenvalue weighted by atomic mass is 127. The second-order valence-electron chi connectivity index (χ2n) is 3.15. The number of carbonyl (C=O) groups excluding carboxylic acids is 2. The summed E-state index contributed by atoms with van der Waals surface area (Å²) < 4.78 is 0.827. The van der Waals surface area contributed by atoms with Gasteiger partial charge in [-0.3, -0.25) is 9.59 Å². The van der Waals surface area contributed by atoms with Gasteiger partial charge in [-0.1, -0.05) is 11.6 Å². The monoisotopic (exact) mass is 367 g/mol. The Morgan fingerprint density at radius 1 is 1.35 bits per heavy atom. The summed E-state index contributed by atoms with van der Waals surface area (Å²) >= 11 is 7.85. The first-order chi connectivity index (χ1) is 8.02. The summed E-state index contributed by atoms with van der Waals surface area (Å²) in [5.41, 5.74) is 5.75. The smallest absolute Gasteiger partial charge is 0.243 e. The number of halogens is 2. The zero-order valence-electron chi connectivity index (χ0n) is 8.80. The standard InChI is InChI=1S/C10H11ClIN3O2/c11-6-1-2-8(7(12)3-6)15-10(17)5-14-9(16)4-13/h1-3H,4-5,13H2,(H,14,16)(H,15,17). The van der Waals surface area contributed by atoms with Gasteiger partial charge < -0.3 is 16.4 Å². The Hall–Kier alpha value is -0.860. The van der Waals surface area contributed by atoms with E-state index in [0.717, 1.165) is 3.57 Å². The summed E-state index contributed by atoms with van der Waals surface area (Å²) in [7, 11) is 0. The third-order valence-corrected chi connectivity index (χ3v) is 2.96. The number of anilines is 1. The van der Waals surface area contributed by atoms with Crippen LogP contribution in [0.1, 0.15) is 0 Å². The molecule has 1 aromatic rings. The molecule has 0 saturated carbocycles. The normalized spacial score (nSPS) is 9.82. The molecule has 0 aliphatic heterocycles. The minimum absolute atomic E-state index is 0.102. The lowest BCUT2D eigenvalue weighted by Crippen LogP contribution is -2.36. The first-order valence-corrected chi connectivity index (χ1v) is 6.20. The van der Waals surface area contributed by atoms with Gasteiger partial charge in [-0.25, -0.2) is 0 Å². The van der Waals surface area contributed by atoms with Crippen molar-refractivity contribution in [2.45, 2.75) is 0 Å². The zero-order valence-corrected chi connectivity index (χ0v) is 11.7. The average Bonchev–Trinajstić information content (AvgIpc) is 2.29. The van der Waals surface area contributed by atoms with E-state index in [1.54, 1.807) is 18.2 Å². The molecule has 0 radical (unpaired) electrons. The predicted molar refractivity (Wildman–Crippen MR) is 74.9 cm³/mol. The van der Waals surface area contributed by atoms with Crippen LogP contribution >= 0.6 is 34.2 Å². The predicted octanol–water partition coefficient (Wildman–Crippen LogP) is 0.958. The second kappa shape index (κ2) is 6.77. The van der Waals surface area contributed by atoms with Crippen molar-refractivity contribution in [1.82, 2.24) is 5.32 Å². The van der Waals surface area contributed by atoms with E-state index in [0.29, 0.717) is 10.7 Å². The first-order valence-electron chi connectivity index (χ1n) is 4.74. The molecule has 0 bridgehead atoms. The van der Waals surface area contributed by atoms with Gasteiger partial charge in [-0.2, -0.15) is 0 Å². The largest absolute Gasteiger partial charge is 0.346 e. The van der Waals surface area contributed by atoms with Crippen LogP contribution in [0.4, 0.5) is 5.69 Å². The van der Waals surface area contributed by atoms with Crippen molar-refractivity contribution >= 4 is 51.7 Å². The summed E-state index contributed by atoms with van der Waals surface area (Å²) in [6.07, 6.45) is 0. The maximum atomic E-state index is 11.5. The van der Waals surface area contributed by atoms with Crippen LogP contribution in [0.2, 0.25) is 5.02 Å². The summed E-state index contributed by atoms with van der Waals surface area (Å²) in [5, 5.41) is 5.64. The van der Waals surface area contributed by atoms with E-state index in [-0.39, 0.29) is 24.9 Å². The molecule has 1 rings (SSSR count). The van der Waals surface area contributed by atoms with Crippen LogP contribution in [0.25, 0.3) is 0 Å². The van der Waals surface area contributed by atoms with Gasteiger partial charge >= 0.3 is 0 Å².